The van der Waals surface area contributed by atoms with Crippen LogP contribution in [-0.2, 0) is 4.79 Å². The van der Waals surface area contributed by atoms with Gasteiger partial charge in [-0.25, -0.2) is 0 Å². The van der Waals surface area contributed by atoms with Crippen LogP contribution >= 0.6 is 23.4 Å². The van der Waals surface area contributed by atoms with E-state index in [0.717, 1.165) is 23.7 Å². The van der Waals surface area contributed by atoms with Crippen molar-refractivity contribution in [3.05, 3.63) is 59.1 Å². The van der Waals surface area contributed by atoms with Gasteiger partial charge in [-0.3, -0.25) is 9.59 Å². The van der Waals surface area contributed by atoms with Crippen LogP contribution in [0, 0.1) is 0 Å². The van der Waals surface area contributed by atoms with Crippen LogP contribution in [0.1, 0.15) is 24.2 Å². The largest absolute Gasteiger partial charge is 0.368 e. The molecule has 5 nitrogen and oxygen atoms in total. The Labute approximate surface area is 181 Å². The zero-order valence-electron chi connectivity index (χ0n) is 16.7. The molecule has 0 atom stereocenters. The molecule has 1 heterocycles. The van der Waals surface area contributed by atoms with Crippen LogP contribution in [0.15, 0.2) is 53.4 Å². The van der Waals surface area contributed by atoms with E-state index in [2.05, 4.69) is 24.1 Å². The summed E-state index contributed by atoms with van der Waals surface area (Å²) in [6, 6.07) is 15.2. The minimum Gasteiger partial charge on any atom is -0.368 e. The molecule has 3 rings (SSSR count). The third-order valence-corrected chi connectivity index (χ3v) is 6.05. The summed E-state index contributed by atoms with van der Waals surface area (Å²) in [6.07, 6.45) is 0. The fourth-order valence-electron chi connectivity index (χ4n) is 3.24. The molecule has 29 heavy (non-hydrogen) atoms. The number of carbonyl (C=O) groups is 2. The summed E-state index contributed by atoms with van der Waals surface area (Å²) in [5.74, 6) is -0.259. The maximum Gasteiger partial charge on any atom is 0.252 e. The summed E-state index contributed by atoms with van der Waals surface area (Å²) in [5.41, 5.74) is 1.72. The molecular formula is C22H26ClN3O2S. The maximum absolute atomic E-state index is 12.6. The van der Waals surface area contributed by atoms with E-state index in [-0.39, 0.29) is 18.4 Å². The number of thioether (sulfide) groups is 1. The first kappa shape index (κ1) is 21.5. The van der Waals surface area contributed by atoms with Crippen molar-refractivity contribution in [2.45, 2.75) is 24.0 Å². The van der Waals surface area contributed by atoms with E-state index in [9.17, 15) is 9.59 Å². The lowest BCUT2D eigenvalue weighted by Crippen LogP contribution is -2.51. The average Bonchev–Trinajstić information content (AvgIpc) is 2.72. The van der Waals surface area contributed by atoms with Crippen LogP contribution in [0.2, 0.25) is 5.02 Å². The highest BCUT2D eigenvalue weighted by Crippen LogP contribution is 2.26. The Morgan fingerprint density at radius 3 is 2.34 bits per heavy atom. The molecule has 0 aliphatic carbocycles. The molecule has 0 aromatic heterocycles. The van der Waals surface area contributed by atoms with Crippen LogP contribution in [0.5, 0.6) is 0 Å². The van der Waals surface area contributed by atoms with Gasteiger partial charge in [-0.2, -0.15) is 0 Å². The minimum atomic E-state index is -0.207. The van der Waals surface area contributed by atoms with Gasteiger partial charge >= 0.3 is 0 Å². The standard InChI is InChI=1S/C22H26ClN3O2S/c1-16(2)29-20-6-4-3-5-19(20)22(28)24-15-21(27)26-13-11-25(12-14-26)18-9-7-17(23)8-10-18/h3-10,16H,11-15H2,1-2H3,(H,24,28). The summed E-state index contributed by atoms with van der Waals surface area (Å²) in [4.78, 5) is 30.1. The number of piperazine rings is 1. The molecule has 154 valence electrons. The minimum absolute atomic E-state index is 0.0143. The number of halogens is 1. The molecule has 0 radical (unpaired) electrons. The molecule has 1 N–H and O–H groups in total. The number of nitrogens with zero attached hydrogens (tertiary/aromatic N) is 2. The van der Waals surface area contributed by atoms with Crippen molar-refractivity contribution in [1.82, 2.24) is 10.2 Å². The number of carbonyl (C=O) groups excluding carboxylic acids is 2. The van der Waals surface area contributed by atoms with Gasteiger partial charge in [-0.15, -0.1) is 11.8 Å². The lowest BCUT2D eigenvalue weighted by molar-refractivity contribution is -0.130. The third-order valence-electron chi connectivity index (χ3n) is 4.72. The van der Waals surface area contributed by atoms with Gasteiger partial charge in [0.2, 0.25) is 5.91 Å². The maximum atomic E-state index is 12.6. The second-order valence-electron chi connectivity index (χ2n) is 7.19. The normalized spacial score (nSPS) is 14.2. The van der Waals surface area contributed by atoms with Crippen LogP contribution in [-0.4, -0.2) is 54.7 Å². The van der Waals surface area contributed by atoms with Crippen molar-refractivity contribution in [3.8, 4) is 0 Å². The number of benzene rings is 2. The van der Waals surface area contributed by atoms with E-state index in [4.69, 9.17) is 11.6 Å². The van der Waals surface area contributed by atoms with Gasteiger partial charge in [0.15, 0.2) is 0 Å². The summed E-state index contributed by atoms with van der Waals surface area (Å²) in [6.45, 7) is 6.98. The van der Waals surface area contributed by atoms with Crippen LogP contribution in [0.3, 0.4) is 0 Å². The predicted molar refractivity (Wildman–Crippen MR) is 120 cm³/mol. The zero-order valence-corrected chi connectivity index (χ0v) is 18.3. The summed E-state index contributed by atoms with van der Waals surface area (Å²) in [5, 5.41) is 3.88. The highest BCUT2D eigenvalue weighted by atomic mass is 35.5. The Kier molecular flexibility index (Phi) is 7.45. The zero-order chi connectivity index (χ0) is 20.8. The first-order valence-corrected chi connectivity index (χ1v) is 11.0. The van der Waals surface area contributed by atoms with E-state index in [0.29, 0.717) is 28.9 Å². The fourth-order valence-corrected chi connectivity index (χ4v) is 4.32. The van der Waals surface area contributed by atoms with Crippen molar-refractivity contribution >= 4 is 40.9 Å². The Bertz CT molecular complexity index is 849. The SMILES string of the molecule is CC(C)Sc1ccccc1C(=O)NCC(=O)N1CCN(c2ccc(Cl)cc2)CC1. The van der Waals surface area contributed by atoms with Gasteiger partial charge in [-0.05, 0) is 36.4 Å². The Morgan fingerprint density at radius 2 is 1.69 bits per heavy atom. The van der Waals surface area contributed by atoms with Gasteiger partial charge in [0.1, 0.15) is 0 Å². The van der Waals surface area contributed by atoms with Gasteiger partial charge < -0.3 is 15.1 Å². The molecule has 0 saturated carbocycles. The first-order chi connectivity index (χ1) is 13.9. The smallest absolute Gasteiger partial charge is 0.252 e. The molecule has 0 unspecified atom stereocenters. The molecule has 1 aliphatic rings. The molecule has 7 heteroatoms. The number of amides is 2. The molecule has 0 bridgehead atoms. The second kappa shape index (κ2) is 10.0. The molecular weight excluding hydrogens is 406 g/mol. The van der Waals surface area contributed by atoms with E-state index >= 15 is 0 Å². The van der Waals surface area contributed by atoms with Crippen molar-refractivity contribution in [2.75, 3.05) is 37.6 Å². The molecule has 2 aromatic carbocycles. The molecule has 2 aromatic rings. The second-order valence-corrected chi connectivity index (χ2v) is 9.24. The molecule has 2 amide bonds. The van der Waals surface area contributed by atoms with Crippen molar-refractivity contribution in [2.24, 2.45) is 0 Å². The lowest BCUT2D eigenvalue weighted by atomic mass is 10.2. The highest BCUT2D eigenvalue weighted by molar-refractivity contribution is 8.00. The highest BCUT2D eigenvalue weighted by Gasteiger charge is 2.22. The van der Waals surface area contributed by atoms with Gasteiger partial charge in [0.25, 0.3) is 5.91 Å². The Balaban J connectivity index is 1.50. The van der Waals surface area contributed by atoms with E-state index in [1.165, 1.54) is 0 Å². The number of hydrogen-bond donors (Lipinski definition) is 1. The van der Waals surface area contributed by atoms with E-state index < -0.39 is 0 Å². The summed E-state index contributed by atoms with van der Waals surface area (Å²) < 4.78 is 0. The van der Waals surface area contributed by atoms with E-state index in [1.807, 2.05) is 47.4 Å². The monoisotopic (exact) mass is 431 g/mol. The van der Waals surface area contributed by atoms with Crippen molar-refractivity contribution in [3.63, 3.8) is 0 Å². The Hall–Kier alpha value is -2.18. The van der Waals surface area contributed by atoms with Crippen LogP contribution < -0.4 is 10.2 Å². The Morgan fingerprint density at radius 1 is 1.03 bits per heavy atom. The number of anilines is 1. The van der Waals surface area contributed by atoms with Gasteiger partial charge in [0, 0.05) is 47.0 Å². The number of nitrogens with one attached hydrogen (secondary N) is 1. The third kappa shape index (κ3) is 5.90. The quantitative estimate of drug-likeness (QED) is 0.704. The van der Waals surface area contributed by atoms with Crippen LogP contribution in [0.25, 0.3) is 0 Å². The summed E-state index contributed by atoms with van der Waals surface area (Å²) >= 11 is 7.59. The molecule has 1 saturated heterocycles. The van der Waals surface area contributed by atoms with Gasteiger partial charge in [-0.1, -0.05) is 37.6 Å². The number of rotatable bonds is 6. The average molecular weight is 432 g/mol. The fraction of sp³-hybridized carbons (Fsp3) is 0.364. The van der Waals surface area contributed by atoms with Crippen LogP contribution in [0.4, 0.5) is 5.69 Å². The van der Waals surface area contributed by atoms with Gasteiger partial charge in [0.05, 0.1) is 12.1 Å². The van der Waals surface area contributed by atoms with Crippen molar-refractivity contribution in [1.29, 1.82) is 0 Å². The van der Waals surface area contributed by atoms with Crippen molar-refractivity contribution < 1.29 is 9.59 Å². The van der Waals surface area contributed by atoms with E-state index in [1.54, 1.807) is 17.8 Å². The first-order valence-electron chi connectivity index (χ1n) is 9.76. The topological polar surface area (TPSA) is 52.7 Å². The molecule has 1 aliphatic heterocycles. The summed E-state index contributed by atoms with van der Waals surface area (Å²) in [7, 11) is 0. The predicted octanol–water partition coefficient (Wildman–Crippen LogP) is 3.92. The molecule has 0 spiro atoms. The lowest BCUT2D eigenvalue weighted by Gasteiger charge is -2.36. The number of hydrogen-bond acceptors (Lipinski definition) is 4. The molecule has 1 fully saturated rings.